The minimum Gasteiger partial charge on any atom is -0.306 e. The molecular weight excluding hydrogens is 384 g/mol. The van der Waals surface area contributed by atoms with Crippen LogP contribution in [0.1, 0.15) is 27.2 Å². The number of carbonyl (C=O) groups excluding carboxylic acids is 1. The van der Waals surface area contributed by atoms with Crippen molar-refractivity contribution in [3.8, 4) is 17.5 Å². The monoisotopic (exact) mass is 402 g/mol. The van der Waals surface area contributed by atoms with Crippen LogP contribution >= 0.6 is 0 Å². The van der Waals surface area contributed by atoms with Crippen LogP contribution in [0.3, 0.4) is 0 Å². The van der Waals surface area contributed by atoms with Crippen molar-refractivity contribution in [2.24, 2.45) is 0 Å². The number of hydrogen-bond donors (Lipinski definition) is 0. The average Bonchev–Trinajstić information content (AvgIpc) is 3.49. The van der Waals surface area contributed by atoms with Gasteiger partial charge in [0.1, 0.15) is 11.3 Å². The summed E-state index contributed by atoms with van der Waals surface area (Å²) in [6, 6.07) is 21.2. The van der Waals surface area contributed by atoms with Crippen LogP contribution in [0.25, 0.3) is 11.3 Å². The predicted octanol–water partition coefficient (Wildman–Crippen LogP) is 4.35. The summed E-state index contributed by atoms with van der Waals surface area (Å²) in [5.74, 6) is 6.36. The summed E-state index contributed by atoms with van der Waals surface area (Å²) in [4.78, 5) is 21.3. The third-order valence-electron chi connectivity index (χ3n) is 5.01. The summed E-state index contributed by atoms with van der Waals surface area (Å²) in [5.41, 5.74) is 5.05. The van der Waals surface area contributed by atoms with E-state index >= 15 is 0 Å². The first kappa shape index (κ1) is 18.6. The number of imidazole rings is 2. The molecule has 148 valence electrons. The predicted molar refractivity (Wildman–Crippen MR) is 119 cm³/mol. The van der Waals surface area contributed by atoms with E-state index < -0.39 is 0 Å². The van der Waals surface area contributed by atoms with E-state index in [9.17, 15) is 4.79 Å². The highest BCUT2D eigenvalue weighted by Crippen LogP contribution is 2.14. The molecule has 0 spiro atoms. The number of pyridine rings is 1. The van der Waals surface area contributed by atoms with Gasteiger partial charge in [0.2, 0.25) is 0 Å². The van der Waals surface area contributed by atoms with E-state index in [4.69, 9.17) is 0 Å². The van der Waals surface area contributed by atoms with Gasteiger partial charge in [-0.05, 0) is 47.9 Å². The zero-order valence-corrected chi connectivity index (χ0v) is 16.6. The number of benzene rings is 2. The highest BCUT2D eigenvalue weighted by Gasteiger charge is 2.09. The minimum absolute atomic E-state index is 0.0567. The lowest BCUT2D eigenvalue weighted by atomic mass is 10.0. The van der Waals surface area contributed by atoms with E-state index in [0.717, 1.165) is 28.2 Å². The van der Waals surface area contributed by atoms with Crippen molar-refractivity contribution in [2.45, 2.75) is 6.42 Å². The SMILES string of the molecule is O=C(Cc1cccc(-n2ccnc2)c1)c1cccc(C#Cc2cnc3ccccn23)c1. The summed E-state index contributed by atoms with van der Waals surface area (Å²) >= 11 is 0. The molecule has 0 amide bonds. The Morgan fingerprint density at radius 3 is 2.77 bits per heavy atom. The molecule has 5 rings (SSSR count). The van der Waals surface area contributed by atoms with E-state index in [1.165, 1.54) is 0 Å². The lowest BCUT2D eigenvalue weighted by Crippen LogP contribution is -2.04. The molecule has 0 atom stereocenters. The molecule has 5 nitrogen and oxygen atoms in total. The second-order valence-corrected chi connectivity index (χ2v) is 7.14. The van der Waals surface area contributed by atoms with Gasteiger partial charge in [-0.1, -0.05) is 36.3 Å². The van der Waals surface area contributed by atoms with Crippen LogP contribution in [-0.4, -0.2) is 24.7 Å². The summed E-state index contributed by atoms with van der Waals surface area (Å²) in [7, 11) is 0. The molecule has 3 heterocycles. The normalized spacial score (nSPS) is 10.6. The largest absolute Gasteiger partial charge is 0.306 e. The Morgan fingerprint density at radius 2 is 1.87 bits per heavy atom. The van der Waals surface area contributed by atoms with Gasteiger partial charge < -0.3 is 4.57 Å². The molecule has 0 bridgehead atoms. The van der Waals surface area contributed by atoms with E-state index in [0.29, 0.717) is 12.0 Å². The van der Waals surface area contributed by atoms with Gasteiger partial charge in [-0.3, -0.25) is 9.20 Å². The maximum absolute atomic E-state index is 12.9. The van der Waals surface area contributed by atoms with Crippen LogP contribution in [0.2, 0.25) is 0 Å². The summed E-state index contributed by atoms with van der Waals surface area (Å²) in [6.07, 6.45) is 9.37. The van der Waals surface area contributed by atoms with Gasteiger partial charge in [-0.2, -0.15) is 0 Å². The molecule has 0 aliphatic carbocycles. The highest BCUT2D eigenvalue weighted by atomic mass is 16.1. The number of ketones is 1. The molecule has 0 radical (unpaired) electrons. The zero-order chi connectivity index (χ0) is 21.0. The van der Waals surface area contributed by atoms with Crippen molar-refractivity contribution in [3.05, 3.63) is 120 Å². The molecule has 5 aromatic rings. The molecule has 0 unspecified atom stereocenters. The number of carbonyl (C=O) groups is 1. The van der Waals surface area contributed by atoms with Crippen molar-refractivity contribution in [2.75, 3.05) is 0 Å². The number of rotatable bonds is 4. The van der Waals surface area contributed by atoms with E-state index in [2.05, 4.69) is 21.8 Å². The fourth-order valence-corrected chi connectivity index (χ4v) is 3.46. The van der Waals surface area contributed by atoms with Crippen molar-refractivity contribution in [3.63, 3.8) is 0 Å². The number of Topliss-reactive ketones (excluding diaryl/α,β-unsaturated/α-hetero) is 1. The Bertz CT molecular complexity index is 1440. The van der Waals surface area contributed by atoms with Gasteiger partial charge in [-0.25, -0.2) is 9.97 Å². The smallest absolute Gasteiger partial charge is 0.167 e. The van der Waals surface area contributed by atoms with Crippen molar-refractivity contribution in [1.82, 2.24) is 18.9 Å². The standard InChI is InChI=1S/C26H18N4O/c31-25(17-21-6-4-8-23(16-21)29-14-12-27-19-29)22-7-3-5-20(15-22)10-11-24-18-28-26-9-1-2-13-30(24)26/h1-9,12-16,18-19H,17H2. The van der Waals surface area contributed by atoms with E-state index in [1.807, 2.05) is 88.1 Å². The number of fused-ring (bicyclic) bond motifs is 1. The Hall–Kier alpha value is -4.43. The van der Waals surface area contributed by atoms with Crippen LogP contribution in [-0.2, 0) is 6.42 Å². The highest BCUT2D eigenvalue weighted by molar-refractivity contribution is 5.97. The van der Waals surface area contributed by atoms with Gasteiger partial charge in [0.25, 0.3) is 0 Å². The zero-order valence-electron chi connectivity index (χ0n) is 16.6. The Morgan fingerprint density at radius 1 is 0.935 bits per heavy atom. The van der Waals surface area contributed by atoms with Crippen LogP contribution in [0.15, 0.2) is 97.8 Å². The van der Waals surface area contributed by atoms with Crippen molar-refractivity contribution < 1.29 is 4.79 Å². The quantitative estimate of drug-likeness (QED) is 0.332. The third-order valence-corrected chi connectivity index (χ3v) is 5.01. The summed E-state index contributed by atoms with van der Waals surface area (Å²) in [6.45, 7) is 0. The maximum atomic E-state index is 12.9. The average molecular weight is 402 g/mol. The minimum atomic E-state index is 0.0567. The topological polar surface area (TPSA) is 52.2 Å². The molecule has 5 heteroatoms. The fraction of sp³-hybridized carbons (Fsp3) is 0.0385. The van der Waals surface area contributed by atoms with Gasteiger partial charge >= 0.3 is 0 Å². The van der Waals surface area contributed by atoms with Crippen LogP contribution in [0.4, 0.5) is 0 Å². The van der Waals surface area contributed by atoms with Gasteiger partial charge in [-0.15, -0.1) is 0 Å². The maximum Gasteiger partial charge on any atom is 0.167 e. The first-order valence-electron chi connectivity index (χ1n) is 9.91. The summed E-state index contributed by atoms with van der Waals surface area (Å²) < 4.78 is 3.86. The Kier molecular flexibility index (Phi) is 4.88. The molecule has 3 aromatic heterocycles. The molecule has 0 fully saturated rings. The van der Waals surface area contributed by atoms with Gasteiger partial charge in [0.15, 0.2) is 5.78 Å². The molecule has 31 heavy (non-hydrogen) atoms. The number of aromatic nitrogens is 4. The molecule has 0 N–H and O–H groups in total. The number of nitrogens with zero attached hydrogens (tertiary/aromatic N) is 4. The lowest BCUT2D eigenvalue weighted by molar-refractivity contribution is 0.0993. The lowest BCUT2D eigenvalue weighted by Gasteiger charge is -2.06. The number of hydrogen-bond acceptors (Lipinski definition) is 3. The Balaban J connectivity index is 1.36. The molecule has 0 saturated heterocycles. The van der Waals surface area contributed by atoms with Crippen molar-refractivity contribution >= 4 is 11.4 Å². The molecular formula is C26H18N4O. The van der Waals surface area contributed by atoms with Crippen LogP contribution < -0.4 is 0 Å². The van der Waals surface area contributed by atoms with Gasteiger partial charge in [0, 0.05) is 41.8 Å². The van der Waals surface area contributed by atoms with Gasteiger partial charge in [0.05, 0.1) is 12.5 Å². The third kappa shape index (κ3) is 4.00. The first-order chi connectivity index (χ1) is 15.3. The molecule has 0 aliphatic heterocycles. The second kappa shape index (κ2) is 8.13. The van der Waals surface area contributed by atoms with Crippen LogP contribution in [0, 0.1) is 11.8 Å². The Labute approximate surface area is 179 Å². The molecule has 0 saturated carbocycles. The summed E-state index contributed by atoms with van der Waals surface area (Å²) in [5, 5.41) is 0. The van der Waals surface area contributed by atoms with E-state index in [1.54, 1.807) is 18.7 Å². The molecule has 2 aromatic carbocycles. The van der Waals surface area contributed by atoms with Crippen LogP contribution in [0.5, 0.6) is 0 Å². The van der Waals surface area contributed by atoms with E-state index in [-0.39, 0.29) is 5.78 Å². The molecule has 0 aliphatic rings. The second-order valence-electron chi connectivity index (χ2n) is 7.14. The van der Waals surface area contributed by atoms with Crippen molar-refractivity contribution in [1.29, 1.82) is 0 Å². The fourth-order valence-electron chi connectivity index (χ4n) is 3.46. The first-order valence-corrected chi connectivity index (χ1v) is 9.91.